The van der Waals surface area contributed by atoms with Crippen LogP contribution in [0.3, 0.4) is 0 Å². The Morgan fingerprint density at radius 2 is 1.71 bits per heavy atom. The SMILES string of the molecule is CC[C@H]1OC(=O)[C@@](C)(F)C(=O)[C@H](C)[C@@H](O[C@@H]2O[C@H](C)C[C@H](NCC3CC3)[C@@H]2O)[C@](C)(OC)C[C@@H](C)C(=O)[C@H](C)C2N(CCCCn3nnc4ccccc43)C(=O)O[C@@]21C. The molecule has 2 N–H and O–H groups in total. The van der Waals surface area contributed by atoms with Gasteiger partial charge in [-0.3, -0.25) is 9.59 Å². The fraction of sp³-hybridized carbons (Fsp3) is 0.767. The molecule has 15 nitrogen and oxygen atoms in total. The van der Waals surface area contributed by atoms with E-state index < -0.39 is 83.1 Å². The molecule has 1 saturated carbocycles. The maximum atomic E-state index is 16.9. The smallest absolute Gasteiger partial charge is 0.410 e. The first kappa shape index (κ1) is 45.0. The molecule has 1 aromatic heterocycles. The van der Waals surface area contributed by atoms with Gasteiger partial charge in [-0.2, -0.15) is 0 Å². The molecule has 4 heterocycles. The molecular formula is C43H64FN5O10. The van der Waals surface area contributed by atoms with Crippen LogP contribution in [0, 0.1) is 23.7 Å². The Balaban J connectivity index is 1.30. The van der Waals surface area contributed by atoms with Gasteiger partial charge in [-0.05, 0) is 97.2 Å². The molecule has 0 bridgehead atoms. The van der Waals surface area contributed by atoms with Gasteiger partial charge < -0.3 is 39.0 Å². The first-order valence-electron chi connectivity index (χ1n) is 21.4. The van der Waals surface area contributed by atoms with Crippen LogP contribution in [-0.4, -0.2) is 128 Å². The number of hydrogen-bond acceptors (Lipinski definition) is 13. The van der Waals surface area contributed by atoms with E-state index in [1.54, 1.807) is 39.3 Å². The first-order chi connectivity index (χ1) is 27.9. The lowest BCUT2D eigenvalue weighted by Gasteiger charge is -2.46. The summed E-state index contributed by atoms with van der Waals surface area (Å²) in [5.41, 5.74) is -4.54. The van der Waals surface area contributed by atoms with Gasteiger partial charge in [-0.15, -0.1) is 5.10 Å². The lowest BCUT2D eigenvalue weighted by atomic mass is 9.73. The lowest BCUT2D eigenvalue weighted by molar-refractivity contribution is -0.290. The molecule has 1 unspecified atom stereocenters. The number of methoxy groups -OCH3 is 1. The molecule has 6 rings (SSSR count). The number of carbonyl (C=O) groups is 4. The normalized spacial score (nSPS) is 38.9. The minimum Gasteiger partial charge on any atom is -0.455 e. The van der Waals surface area contributed by atoms with Gasteiger partial charge in [0.25, 0.3) is 5.67 Å². The van der Waals surface area contributed by atoms with Crippen LogP contribution in [-0.2, 0) is 44.6 Å². The van der Waals surface area contributed by atoms with E-state index in [0.29, 0.717) is 31.7 Å². The van der Waals surface area contributed by atoms with E-state index in [1.165, 1.54) is 18.9 Å². The standard InChI is InChI=1S/C43H64FN5O10/c1-10-32-43(8)35(48(40(54)59-43)19-13-14-20-49-31-16-12-11-15-29(31)46-47-49)26(4)33(50)24(2)22-41(6,55-9)37(27(5)36(52)42(7,44)39(53)57-32)58-38-34(51)30(21-25(3)56-38)45-23-28-17-18-28/h11-12,15-16,24-28,30,32,34-35,37-38,45,51H,10,13-14,17-23H2,1-9H3/t24-,25-,26+,27+,30+,32-,34+,35?,37-,38+,41-,42+,43-/m1/s1. The fourth-order valence-electron chi connectivity index (χ4n) is 9.69. The van der Waals surface area contributed by atoms with Gasteiger partial charge in [0.1, 0.15) is 23.5 Å². The van der Waals surface area contributed by atoms with Gasteiger partial charge in [-0.25, -0.2) is 18.7 Å². The maximum absolute atomic E-state index is 16.9. The Hall–Kier alpha value is -3.57. The Morgan fingerprint density at radius 1 is 1.02 bits per heavy atom. The number of unbranched alkanes of at least 4 members (excludes halogenated alkanes) is 1. The predicted octanol–water partition coefficient (Wildman–Crippen LogP) is 4.95. The zero-order valence-corrected chi connectivity index (χ0v) is 36.0. The van der Waals surface area contributed by atoms with Crippen LogP contribution in [0.25, 0.3) is 11.0 Å². The van der Waals surface area contributed by atoms with E-state index in [9.17, 15) is 24.3 Å². The number of esters is 1. The van der Waals surface area contributed by atoms with Crippen LogP contribution in [0.1, 0.15) is 100 Å². The number of amides is 1. The Labute approximate surface area is 346 Å². The van der Waals surface area contributed by atoms with E-state index in [1.807, 2.05) is 31.2 Å². The summed E-state index contributed by atoms with van der Waals surface area (Å²) < 4.78 is 49.5. The second-order valence-electron chi connectivity index (χ2n) is 18.0. The van der Waals surface area contributed by atoms with Crippen LogP contribution in [0.5, 0.6) is 0 Å². The van der Waals surface area contributed by atoms with Crippen LogP contribution in [0.15, 0.2) is 24.3 Å². The number of para-hydroxylation sites is 1. The molecule has 4 fully saturated rings. The van der Waals surface area contributed by atoms with Gasteiger partial charge in [0.15, 0.2) is 17.7 Å². The molecule has 13 atom stereocenters. The summed E-state index contributed by atoms with van der Waals surface area (Å²) in [6, 6.07) is 6.33. The largest absolute Gasteiger partial charge is 0.455 e. The predicted molar refractivity (Wildman–Crippen MR) is 214 cm³/mol. The number of hydrogen-bond donors (Lipinski definition) is 2. The number of fused-ring (bicyclic) bond motifs is 2. The number of cyclic esters (lactones) is 1. The minimum absolute atomic E-state index is 0.00540. The van der Waals surface area contributed by atoms with Crippen molar-refractivity contribution in [2.75, 3.05) is 20.2 Å². The van der Waals surface area contributed by atoms with Crippen LogP contribution in [0.4, 0.5) is 9.18 Å². The molecule has 2 aromatic rings. The number of aliphatic hydroxyl groups excluding tert-OH is 1. The number of ketones is 2. The summed E-state index contributed by atoms with van der Waals surface area (Å²) in [6.45, 7) is 14.1. The number of halogens is 1. The quantitative estimate of drug-likeness (QED) is 0.167. The number of benzene rings is 1. The van der Waals surface area contributed by atoms with Crippen molar-refractivity contribution in [1.29, 1.82) is 0 Å². The van der Waals surface area contributed by atoms with Crippen molar-refractivity contribution in [3.63, 3.8) is 0 Å². The number of nitrogens with zero attached hydrogens (tertiary/aromatic N) is 4. The lowest BCUT2D eigenvalue weighted by Crippen LogP contribution is -2.62. The molecule has 328 valence electrons. The van der Waals surface area contributed by atoms with Crippen molar-refractivity contribution >= 4 is 34.7 Å². The van der Waals surface area contributed by atoms with Crippen molar-refractivity contribution in [3.8, 4) is 0 Å². The van der Waals surface area contributed by atoms with Crippen molar-refractivity contribution in [2.24, 2.45) is 23.7 Å². The highest BCUT2D eigenvalue weighted by Gasteiger charge is 2.61. The number of aryl methyl sites for hydroxylation is 1. The molecule has 16 heteroatoms. The maximum Gasteiger partial charge on any atom is 0.410 e. The zero-order valence-electron chi connectivity index (χ0n) is 36.0. The third kappa shape index (κ3) is 9.07. The fourth-order valence-corrected chi connectivity index (χ4v) is 9.69. The number of ether oxygens (including phenoxy) is 5. The average molecular weight is 830 g/mol. The molecule has 3 aliphatic heterocycles. The Kier molecular flexibility index (Phi) is 13.6. The number of aliphatic hydroxyl groups is 1. The van der Waals surface area contributed by atoms with E-state index in [4.69, 9.17) is 23.7 Å². The number of alkyl halides is 1. The summed E-state index contributed by atoms with van der Waals surface area (Å²) in [6.07, 6.45) is -1.92. The third-order valence-corrected chi connectivity index (χ3v) is 13.4. The highest BCUT2D eigenvalue weighted by Crippen LogP contribution is 2.44. The molecular weight excluding hydrogens is 765 g/mol. The third-order valence-electron chi connectivity index (χ3n) is 13.4. The second-order valence-corrected chi connectivity index (χ2v) is 18.0. The van der Waals surface area contributed by atoms with Gasteiger partial charge >= 0.3 is 12.1 Å². The highest BCUT2D eigenvalue weighted by molar-refractivity contribution is 6.08. The summed E-state index contributed by atoms with van der Waals surface area (Å²) in [4.78, 5) is 58.3. The summed E-state index contributed by atoms with van der Waals surface area (Å²) in [5.74, 6) is -5.20. The van der Waals surface area contributed by atoms with Crippen molar-refractivity contribution in [1.82, 2.24) is 25.2 Å². The van der Waals surface area contributed by atoms with Gasteiger partial charge in [-0.1, -0.05) is 45.0 Å². The van der Waals surface area contributed by atoms with Crippen molar-refractivity contribution in [2.45, 2.75) is 167 Å². The average Bonchev–Trinajstić information content (AvgIpc) is 3.89. The summed E-state index contributed by atoms with van der Waals surface area (Å²) >= 11 is 0. The zero-order chi connectivity index (χ0) is 43.0. The van der Waals surface area contributed by atoms with Crippen LogP contribution in [0.2, 0.25) is 0 Å². The summed E-state index contributed by atoms with van der Waals surface area (Å²) in [7, 11) is 1.41. The molecule has 0 spiro atoms. The molecule has 1 aliphatic carbocycles. The van der Waals surface area contributed by atoms with Crippen LogP contribution >= 0.6 is 0 Å². The molecule has 1 aromatic carbocycles. The number of nitrogens with one attached hydrogen (secondary N) is 1. The van der Waals surface area contributed by atoms with E-state index in [-0.39, 0.29) is 37.3 Å². The van der Waals surface area contributed by atoms with E-state index in [0.717, 1.165) is 37.3 Å². The van der Waals surface area contributed by atoms with Crippen molar-refractivity contribution in [3.05, 3.63) is 24.3 Å². The second kappa shape index (κ2) is 17.8. The van der Waals surface area contributed by atoms with E-state index >= 15 is 4.39 Å². The van der Waals surface area contributed by atoms with E-state index in [2.05, 4.69) is 15.6 Å². The Morgan fingerprint density at radius 3 is 2.39 bits per heavy atom. The molecule has 59 heavy (non-hydrogen) atoms. The molecule has 1 amide bonds. The number of Topliss-reactive ketones (excluding diaryl/α,β-unsaturated/α-hetero) is 2. The van der Waals surface area contributed by atoms with Crippen LogP contribution < -0.4 is 5.32 Å². The molecule has 4 aliphatic rings. The first-order valence-corrected chi connectivity index (χ1v) is 21.4. The minimum atomic E-state index is -3.17. The number of rotatable bonds is 12. The molecule has 0 radical (unpaired) electrons. The van der Waals surface area contributed by atoms with Gasteiger partial charge in [0, 0.05) is 44.0 Å². The highest BCUT2D eigenvalue weighted by atomic mass is 19.1. The van der Waals surface area contributed by atoms with Gasteiger partial charge in [0.2, 0.25) is 0 Å². The Bertz CT molecular complexity index is 1840. The number of aromatic nitrogens is 3. The molecule has 3 saturated heterocycles. The topological polar surface area (TPSA) is 181 Å². The number of carbonyl (C=O) groups excluding carboxylic acids is 4. The monoisotopic (exact) mass is 829 g/mol. The summed E-state index contributed by atoms with van der Waals surface area (Å²) in [5, 5.41) is 23.5. The van der Waals surface area contributed by atoms with Crippen molar-refractivity contribution < 1.29 is 52.4 Å². The van der Waals surface area contributed by atoms with Gasteiger partial charge in [0.05, 0.1) is 29.4 Å².